The molecule has 0 bridgehead atoms. The molecule has 1 unspecified atom stereocenters. The van der Waals surface area contributed by atoms with Gasteiger partial charge in [-0.1, -0.05) is 13.8 Å². The predicted octanol–water partition coefficient (Wildman–Crippen LogP) is 3.15. The molecule has 0 amide bonds. The van der Waals surface area contributed by atoms with Crippen LogP contribution < -0.4 is 10.2 Å². The highest BCUT2D eigenvalue weighted by Crippen LogP contribution is 2.27. The Morgan fingerprint density at radius 2 is 2.00 bits per heavy atom. The second-order valence-corrected chi connectivity index (χ2v) is 6.60. The number of hydrogen-bond donors (Lipinski definition) is 1. The quantitative estimate of drug-likeness (QED) is 0.927. The summed E-state index contributed by atoms with van der Waals surface area (Å²) < 4.78 is 6.02. The molecule has 22 heavy (non-hydrogen) atoms. The topological polar surface area (TPSA) is 37.4 Å². The molecule has 0 aromatic carbocycles. The third-order valence-corrected chi connectivity index (χ3v) is 4.29. The van der Waals surface area contributed by atoms with Crippen molar-refractivity contribution in [2.45, 2.75) is 65.1 Å². The molecular weight excluding hydrogens is 274 g/mol. The second-order valence-electron chi connectivity index (χ2n) is 6.60. The first-order chi connectivity index (χ1) is 10.5. The van der Waals surface area contributed by atoms with Crippen LogP contribution in [0.15, 0.2) is 18.3 Å². The predicted molar refractivity (Wildman–Crippen MR) is 92.5 cm³/mol. The van der Waals surface area contributed by atoms with Gasteiger partial charge in [-0.15, -0.1) is 0 Å². The van der Waals surface area contributed by atoms with Gasteiger partial charge in [0.05, 0.1) is 24.6 Å². The van der Waals surface area contributed by atoms with Crippen molar-refractivity contribution in [3.63, 3.8) is 0 Å². The lowest BCUT2D eigenvalue weighted by molar-refractivity contribution is -0.0134. The second kappa shape index (κ2) is 7.42. The molecule has 2 aliphatic rings. The van der Waals surface area contributed by atoms with Crippen molar-refractivity contribution in [3.8, 4) is 0 Å². The maximum absolute atomic E-state index is 6.02. The standard InChI is InChI=1S/C16H25N3O.C2H6/c1-12-4-7-14(10-17-12)19-8-9-20-15(11-19)16(2,3)18-13-5-6-13;1-2/h4,7,10,13,15,18H,5-6,8-9,11H2,1-3H3;1-2H3. The van der Waals surface area contributed by atoms with Crippen LogP contribution in [0, 0.1) is 6.92 Å². The first kappa shape index (κ1) is 17.2. The molecule has 124 valence electrons. The molecule has 1 atom stereocenters. The van der Waals surface area contributed by atoms with E-state index in [9.17, 15) is 0 Å². The number of hydrogen-bond acceptors (Lipinski definition) is 4. The van der Waals surface area contributed by atoms with E-state index in [2.05, 4.69) is 41.2 Å². The average Bonchev–Trinajstić information content (AvgIpc) is 3.33. The van der Waals surface area contributed by atoms with E-state index >= 15 is 0 Å². The monoisotopic (exact) mass is 305 g/mol. The summed E-state index contributed by atoms with van der Waals surface area (Å²) in [6.45, 7) is 13.2. The van der Waals surface area contributed by atoms with Crippen LogP contribution in [0.25, 0.3) is 0 Å². The number of aromatic nitrogens is 1. The van der Waals surface area contributed by atoms with E-state index in [0.717, 1.165) is 25.4 Å². The minimum Gasteiger partial charge on any atom is -0.373 e. The molecule has 2 fully saturated rings. The Hall–Kier alpha value is -1.13. The number of aryl methyl sites for hydroxylation is 1. The largest absolute Gasteiger partial charge is 0.373 e. The Kier molecular flexibility index (Phi) is 5.81. The highest BCUT2D eigenvalue weighted by molar-refractivity contribution is 5.45. The van der Waals surface area contributed by atoms with Crippen LogP contribution in [-0.4, -0.2) is 42.4 Å². The van der Waals surface area contributed by atoms with E-state index in [0.29, 0.717) is 6.04 Å². The van der Waals surface area contributed by atoms with E-state index in [1.165, 1.54) is 18.5 Å². The van der Waals surface area contributed by atoms with Gasteiger partial charge in [0.15, 0.2) is 0 Å². The van der Waals surface area contributed by atoms with Gasteiger partial charge in [0.25, 0.3) is 0 Å². The Bertz CT molecular complexity index is 454. The van der Waals surface area contributed by atoms with Gasteiger partial charge in [0, 0.05) is 30.4 Å². The lowest BCUT2D eigenvalue weighted by Crippen LogP contribution is -2.58. The van der Waals surface area contributed by atoms with E-state index < -0.39 is 0 Å². The van der Waals surface area contributed by atoms with Crippen molar-refractivity contribution < 1.29 is 4.74 Å². The van der Waals surface area contributed by atoms with Crippen molar-refractivity contribution in [2.24, 2.45) is 0 Å². The maximum atomic E-state index is 6.02. The summed E-state index contributed by atoms with van der Waals surface area (Å²) in [4.78, 5) is 6.79. The summed E-state index contributed by atoms with van der Waals surface area (Å²) in [5.41, 5.74) is 2.29. The van der Waals surface area contributed by atoms with Gasteiger partial charge in [-0.2, -0.15) is 0 Å². The molecule has 1 saturated heterocycles. The summed E-state index contributed by atoms with van der Waals surface area (Å²) in [7, 11) is 0. The molecule has 1 saturated carbocycles. The SMILES string of the molecule is CC.Cc1ccc(N2CCOC(C(C)(C)NC3CC3)C2)cn1. The van der Waals surface area contributed by atoms with Crippen molar-refractivity contribution >= 4 is 5.69 Å². The fourth-order valence-electron chi connectivity index (χ4n) is 2.81. The third kappa shape index (κ3) is 4.43. The zero-order valence-corrected chi connectivity index (χ0v) is 14.7. The van der Waals surface area contributed by atoms with Crippen molar-refractivity contribution in [1.82, 2.24) is 10.3 Å². The molecule has 2 heterocycles. The van der Waals surface area contributed by atoms with Gasteiger partial charge in [-0.05, 0) is 45.7 Å². The summed E-state index contributed by atoms with van der Waals surface area (Å²) in [6, 6.07) is 4.93. The summed E-state index contributed by atoms with van der Waals surface area (Å²) in [5.74, 6) is 0. The summed E-state index contributed by atoms with van der Waals surface area (Å²) in [5, 5.41) is 3.71. The van der Waals surface area contributed by atoms with Gasteiger partial charge in [-0.25, -0.2) is 0 Å². The normalized spacial score (nSPS) is 22.0. The maximum Gasteiger partial charge on any atom is 0.0926 e. The van der Waals surface area contributed by atoms with Gasteiger partial charge in [-0.3, -0.25) is 4.98 Å². The van der Waals surface area contributed by atoms with Crippen molar-refractivity contribution in [1.29, 1.82) is 0 Å². The van der Waals surface area contributed by atoms with Gasteiger partial charge in [0.2, 0.25) is 0 Å². The highest BCUT2D eigenvalue weighted by Gasteiger charge is 2.38. The lowest BCUT2D eigenvalue weighted by atomic mass is 9.95. The van der Waals surface area contributed by atoms with Crippen LogP contribution in [0.4, 0.5) is 5.69 Å². The number of rotatable bonds is 4. The molecular formula is C18H31N3O. The molecule has 1 aromatic rings. The number of morpholine rings is 1. The number of anilines is 1. The van der Waals surface area contributed by atoms with Crippen molar-refractivity contribution in [3.05, 3.63) is 24.0 Å². The molecule has 1 aliphatic carbocycles. The minimum absolute atomic E-state index is 0.0258. The van der Waals surface area contributed by atoms with Crippen LogP contribution in [0.2, 0.25) is 0 Å². The molecule has 3 rings (SSSR count). The fourth-order valence-corrected chi connectivity index (χ4v) is 2.81. The van der Waals surface area contributed by atoms with E-state index in [-0.39, 0.29) is 11.6 Å². The molecule has 1 N–H and O–H groups in total. The lowest BCUT2D eigenvalue weighted by Gasteiger charge is -2.42. The van der Waals surface area contributed by atoms with Crippen molar-refractivity contribution in [2.75, 3.05) is 24.6 Å². The Balaban J connectivity index is 0.000000847. The van der Waals surface area contributed by atoms with Crippen LogP contribution >= 0.6 is 0 Å². The molecule has 1 aliphatic heterocycles. The van der Waals surface area contributed by atoms with Gasteiger partial charge < -0.3 is 15.0 Å². The Morgan fingerprint density at radius 1 is 1.27 bits per heavy atom. The Morgan fingerprint density at radius 3 is 2.59 bits per heavy atom. The summed E-state index contributed by atoms with van der Waals surface area (Å²) in [6.07, 6.45) is 4.81. The number of ether oxygens (including phenoxy) is 1. The Labute approximate surface area is 135 Å². The average molecular weight is 305 g/mol. The van der Waals surface area contributed by atoms with Gasteiger partial charge in [0.1, 0.15) is 0 Å². The molecule has 0 spiro atoms. The smallest absolute Gasteiger partial charge is 0.0926 e. The van der Waals surface area contributed by atoms with E-state index in [4.69, 9.17) is 4.74 Å². The van der Waals surface area contributed by atoms with Crippen LogP contribution in [0.3, 0.4) is 0 Å². The molecule has 1 aromatic heterocycles. The third-order valence-electron chi connectivity index (χ3n) is 4.29. The molecule has 0 radical (unpaired) electrons. The van der Waals surface area contributed by atoms with Crippen LogP contribution in [-0.2, 0) is 4.74 Å². The molecule has 4 nitrogen and oxygen atoms in total. The van der Waals surface area contributed by atoms with Crippen LogP contribution in [0.5, 0.6) is 0 Å². The zero-order valence-electron chi connectivity index (χ0n) is 14.7. The number of nitrogens with zero attached hydrogens (tertiary/aromatic N) is 2. The van der Waals surface area contributed by atoms with Gasteiger partial charge >= 0.3 is 0 Å². The number of nitrogens with one attached hydrogen (secondary N) is 1. The van der Waals surface area contributed by atoms with E-state index in [1.54, 1.807) is 0 Å². The summed E-state index contributed by atoms with van der Waals surface area (Å²) >= 11 is 0. The fraction of sp³-hybridized carbons (Fsp3) is 0.722. The highest BCUT2D eigenvalue weighted by atomic mass is 16.5. The first-order valence-electron chi connectivity index (χ1n) is 8.61. The van der Waals surface area contributed by atoms with Crippen LogP contribution in [0.1, 0.15) is 46.2 Å². The number of pyridine rings is 1. The zero-order chi connectivity index (χ0) is 16.2. The first-order valence-corrected chi connectivity index (χ1v) is 8.61. The minimum atomic E-state index is 0.0258. The molecule has 4 heteroatoms. The van der Waals surface area contributed by atoms with E-state index in [1.807, 2.05) is 27.0 Å².